The smallest absolute Gasteiger partial charge is 0.338 e. The first kappa shape index (κ1) is 31.1. The minimum atomic E-state index is -0.771. The maximum absolute atomic E-state index is 14.1. The third kappa shape index (κ3) is 6.59. The van der Waals surface area contributed by atoms with Crippen molar-refractivity contribution in [3.8, 4) is 17.2 Å². The highest BCUT2D eigenvalue weighted by Gasteiger charge is 2.34. The van der Waals surface area contributed by atoms with E-state index < -0.39 is 12.0 Å². The molecule has 0 saturated heterocycles. The lowest BCUT2D eigenvalue weighted by molar-refractivity contribution is -0.139. The molecule has 1 aliphatic heterocycles. The van der Waals surface area contributed by atoms with Crippen molar-refractivity contribution in [2.45, 2.75) is 40.3 Å². The van der Waals surface area contributed by atoms with Gasteiger partial charge in [0.25, 0.3) is 5.56 Å². The largest absolute Gasteiger partial charge is 0.490 e. The molecule has 1 aliphatic rings. The van der Waals surface area contributed by atoms with Crippen molar-refractivity contribution in [2.75, 3.05) is 19.8 Å². The van der Waals surface area contributed by atoms with Gasteiger partial charge in [-0.05, 0) is 75.2 Å². The van der Waals surface area contributed by atoms with Gasteiger partial charge in [-0.3, -0.25) is 9.36 Å². The molecule has 0 amide bonds. The van der Waals surface area contributed by atoms with Gasteiger partial charge >= 0.3 is 5.97 Å². The number of benzene rings is 3. The molecule has 5 rings (SSSR count). The number of hydrogen-bond acceptors (Lipinski definition) is 8. The highest BCUT2D eigenvalue weighted by molar-refractivity contribution is 7.07. The molecule has 3 aromatic carbocycles. The number of fused-ring (bicyclic) bond motifs is 1. The molecular weight excluding hydrogens is 600 g/mol. The molecule has 0 spiro atoms. The van der Waals surface area contributed by atoms with Crippen molar-refractivity contribution in [1.82, 2.24) is 4.57 Å². The monoisotopic (exact) mass is 632 g/mol. The van der Waals surface area contributed by atoms with Crippen molar-refractivity contribution in [1.29, 1.82) is 0 Å². The van der Waals surface area contributed by atoms with Crippen LogP contribution in [0.4, 0.5) is 0 Å². The molecule has 0 fully saturated rings. The van der Waals surface area contributed by atoms with Crippen LogP contribution < -0.4 is 29.1 Å². The highest BCUT2D eigenvalue weighted by atomic mass is 35.5. The second-order valence-electron chi connectivity index (χ2n) is 9.83. The summed E-state index contributed by atoms with van der Waals surface area (Å²) in [6.07, 6.45) is 1.80. The Kier molecular flexibility index (Phi) is 9.87. The second kappa shape index (κ2) is 14.0. The van der Waals surface area contributed by atoms with Crippen molar-refractivity contribution in [2.24, 2.45) is 4.99 Å². The Labute approximate surface area is 264 Å². The van der Waals surface area contributed by atoms with Crippen LogP contribution in [0.1, 0.15) is 50.4 Å². The predicted octanol–water partition coefficient (Wildman–Crippen LogP) is 5.83. The molecule has 4 aromatic rings. The minimum Gasteiger partial charge on any atom is -0.490 e. The van der Waals surface area contributed by atoms with E-state index in [9.17, 15) is 9.59 Å². The van der Waals surface area contributed by atoms with Gasteiger partial charge in [-0.2, -0.15) is 0 Å². The fourth-order valence-corrected chi connectivity index (χ4v) is 6.20. The summed E-state index contributed by atoms with van der Waals surface area (Å²) in [5.41, 5.74) is 2.85. The van der Waals surface area contributed by atoms with Crippen molar-refractivity contribution in [3.63, 3.8) is 0 Å². The first-order valence-electron chi connectivity index (χ1n) is 14.4. The van der Waals surface area contributed by atoms with Crippen LogP contribution in [0.15, 0.2) is 87.8 Å². The van der Waals surface area contributed by atoms with Gasteiger partial charge in [0, 0.05) is 10.6 Å². The first-order valence-corrected chi connectivity index (χ1v) is 15.6. The SMILES string of the molecule is CCOC(=O)C1=C(C)N=c2s/c(=C\c3cccc(OCc4ccccc4Cl)c3)c(=O)n2[C@@H]1c1ccc(OCC)c(OCC)c1. The lowest BCUT2D eigenvalue weighted by Crippen LogP contribution is -2.40. The number of ether oxygens (including phenoxy) is 4. The Balaban J connectivity index is 1.58. The molecule has 2 heterocycles. The summed E-state index contributed by atoms with van der Waals surface area (Å²) < 4.78 is 25.1. The zero-order valence-corrected chi connectivity index (χ0v) is 26.5. The predicted molar refractivity (Wildman–Crippen MR) is 171 cm³/mol. The third-order valence-corrected chi connectivity index (χ3v) is 8.26. The first-order chi connectivity index (χ1) is 21.3. The van der Waals surface area contributed by atoms with Crippen LogP contribution >= 0.6 is 22.9 Å². The average molecular weight is 633 g/mol. The van der Waals surface area contributed by atoms with Gasteiger partial charge < -0.3 is 18.9 Å². The minimum absolute atomic E-state index is 0.190. The number of hydrogen-bond donors (Lipinski definition) is 0. The summed E-state index contributed by atoms with van der Waals surface area (Å²) in [5.74, 6) is 1.23. The average Bonchev–Trinajstić information content (AvgIpc) is 3.31. The van der Waals surface area contributed by atoms with Gasteiger partial charge in [-0.25, -0.2) is 9.79 Å². The lowest BCUT2D eigenvalue weighted by atomic mass is 9.95. The summed E-state index contributed by atoms with van der Waals surface area (Å²) in [4.78, 5) is 32.5. The zero-order valence-electron chi connectivity index (χ0n) is 25.0. The second-order valence-corrected chi connectivity index (χ2v) is 11.2. The molecule has 8 nitrogen and oxygen atoms in total. The van der Waals surface area contributed by atoms with Crippen LogP contribution in [0.3, 0.4) is 0 Å². The summed E-state index contributed by atoms with van der Waals surface area (Å²) in [7, 11) is 0. The molecule has 10 heteroatoms. The van der Waals surface area contributed by atoms with E-state index in [4.69, 9.17) is 30.5 Å². The van der Waals surface area contributed by atoms with E-state index in [2.05, 4.69) is 4.99 Å². The zero-order chi connectivity index (χ0) is 31.2. The van der Waals surface area contributed by atoms with E-state index in [1.54, 1.807) is 30.6 Å². The van der Waals surface area contributed by atoms with Crippen molar-refractivity contribution in [3.05, 3.63) is 119 Å². The van der Waals surface area contributed by atoms with Gasteiger partial charge in [0.1, 0.15) is 12.4 Å². The maximum atomic E-state index is 14.1. The molecule has 0 aliphatic carbocycles. The van der Waals surface area contributed by atoms with Gasteiger partial charge in [-0.15, -0.1) is 0 Å². The highest BCUT2D eigenvalue weighted by Crippen LogP contribution is 2.36. The molecule has 0 bridgehead atoms. The Morgan fingerprint density at radius 1 is 0.955 bits per heavy atom. The van der Waals surface area contributed by atoms with Crippen LogP contribution in [-0.2, 0) is 16.1 Å². The van der Waals surface area contributed by atoms with E-state index >= 15 is 0 Å². The van der Waals surface area contributed by atoms with E-state index in [1.807, 2.05) is 74.5 Å². The number of rotatable bonds is 11. The Bertz CT molecular complexity index is 1890. The van der Waals surface area contributed by atoms with Gasteiger partial charge in [-0.1, -0.05) is 59.3 Å². The van der Waals surface area contributed by atoms with Crippen LogP contribution in [0, 0.1) is 0 Å². The van der Waals surface area contributed by atoms with Crippen LogP contribution in [0.5, 0.6) is 17.2 Å². The number of thiazole rings is 1. The standard InChI is InChI=1S/C34H33ClN2O6S/c1-5-40-27-16-15-23(19-28(27)41-6-2)31-30(33(39)42-7-3)21(4)36-34-37(31)32(38)29(44-34)18-22-11-10-13-25(17-22)43-20-24-12-8-9-14-26(24)35/h8-19,31H,5-7,20H2,1-4H3/b29-18-/t31-/m1/s1. The van der Waals surface area contributed by atoms with Crippen LogP contribution in [0.25, 0.3) is 6.08 Å². The molecule has 1 atom stereocenters. The Morgan fingerprint density at radius 2 is 1.73 bits per heavy atom. The number of allylic oxidation sites excluding steroid dienone is 1. The Hall–Kier alpha value is -4.34. The lowest BCUT2D eigenvalue weighted by Gasteiger charge is -2.25. The van der Waals surface area contributed by atoms with Crippen molar-refractivity contribution >= 4 is 35.0 Å². The summed E-state index contributed by atoms with van der Waals surface area (Å²) >= 11 is 7.54. The number of nitrogens with zero attached hydrogens (tertiary/aromatic N) is 2. The fourth-order valence-electron chi connectivity index (χ4n) is 4.97. The van der Waals surface area contributed by atoms with Gasteiger partial charge in [0.2, 0.25) is 0 Å². The number of carbonyl (C=O) groups excluding carboxylic acids is 1. The molecular formula is C34H33ClN2O6S. The normalized spacial score (nSPS) is 14.6. The molecule has 0 saturated carbocycles. The van der Waals surface area contributed by atoms with E-state index in [1.165, 1.54) is 11.3 Å². The van der Waals surface area contributed by atoms with Gasteiger partial charge in [0.05, 0.1) is 41.7 Å². The maximum Gasteiger partial charge on any atom is 0.338 e. The van der Waals surface area contributed by atoms with Crippen molar-refractivity contribution < 1.29 is 23.7 Å². The van der Waals surface area contributed by atoms with E-state index in [0.717, 1.165) is 11.1 Å². The number of esters is 1. The Morgan fingerprint density at radius 3 is 2.48 bits per heavy atom. The third-order valence-electron chi connectivity index (χ3n) is 6.91. The van der Waals surface area contributed by atoms with Crippen LogP contribution in [0.2, 0.25) is 5.02 Å². The quantitative estimate of drug-likeness (QED) is 0.193. The fraction of sp³-hybridized carbons (Fsp3) is 0.265. The topological polar surface area (TPSA) is 88.4 Å². The summed E-state index contributed by atoms with van der Waals surface area (Å²) in [6.45, 7) is 8.68. The van der Waals surface area contributed by atoms with E-state index in [0.29, 0.717) is 68.3 Å². The number of halogens is 1. The van der Waals surface area contributed by atoms with Crippen LogP contribution in [-0.4, -0.2) is 30.4 Å². The molecule has 0 N–H and O–H groups in total. The summed E-state index contributed by atoms with van der Waals surface area (Å²) in [6, 6.07) is 19.7. The molecule has 0 unspecified atom stereocenters. The molecule has 228 valence electrons. The number of aromatic nitrogens is 1. The van der Waals surface area contributed by atoms with Gasteiger partial charge in [0.15, 0.2) is 16.3 Å². The molecule has 0 radical (unpaired) electrons. The molecule has 1 aromatic heterocycles. The summed E-state index contributed by atoms with van der Waals surface area (Å²) in [5, 5.41) is 0.637. The number of carbonyl (C=O) groups is 1. The van der Waals surface area contributed by atoms with E-state index in [-0.39, 0.29) is 12.2 Å². The molecule has 44 heavy (non-hydrogen) atoms.